The molecule has 170 valence electrons. The maximum absolute atomic E-state index is 13.5. The van der Waals surface area contributed by atoms with Crippen LogP contribution in [0.25, 0.3) is 0 Å². The van der Waals surface area contributed by atoms with Crippen molar-refractivity contribution in [1.29, 1.82) is 0 Å². The first-order chi connectivity index (χ1) is 14.7. The van der Waals surface area contributed by atoms with E-state index in [1.54, 1.807) is 19.9 Å². The summed E-state index contributed by atoms with van der Waals surface area (Å²) in [5, 5.41) is 3.37. The number of sulfonamides is 1. The summed E-state index contributed by atoms with van der Waals surface area (Å²) in [6.45, 7) is 6.10. The van der Waals surface area contributed by atoms with Crippen molar-refractivity contribution >= 4 is 21.4 Å². The molecule has 0 atom stereocenters. The van der Waals surface area contributed by atoms with Gasteiger partial charge in [-0.1, -0.05) is 12.1 Å². The normalized spacial score (nSPS) is 15.3. The van der Waals surface area contributed by atoms with E-state index in [4.69, 9.17) is 0 Å². The number of alkyl halides is 2. The van der Waals surface area contributed by atoms with E-state index in [1.807, 2.05) is 19.1 Å². The van der Waals surface area contributed by atoms with Crippen LogP contribution in [0.1, 0.15) is 25.8 Å². The quantitative estimate of drug-likeness (QED) is 0.687. The maximum Gasteiger partial charge on any atom is 0.387 e. The fourth-order valence-corrected chi connectivity index (χ4v) is 5.49. The predicted octanol–water partition coefficient (Wildman–Crippen LogP) is 4.00. The van der Waals surface area contributed by atoms with Crippen LogP contribution >= 0.6 is 0 Å². The molecule has 6 nitrogen and oxygen atoms in total. The molecule has 0 unspecified atom stereocenters. The molecule has 2 aromatic carbocycles. The van der Waals surface area contributed by atoms with Crippen molar-refractivity contribution in [2.75, 3.05) is 35.4 Å². The van der Waals surface area contributed by atoms with E-state index in [9.17, 15) is 17.2 Å². The largest absolute Gasteiger partial charge is 0.435 e. The Balaban J connectivity index is 2.01. The Hall–Kier alpha value is -2.39. The van der Waals surface area contributed by atoms with Gasteiger partial charge in [-0.25, -0.2) is 8.42 Å². The van der Waals surface area contributed by atoms with Crippen LogP contribution in [0.5, 0.6) is 5.75 Å². The summed E-state index contributed by atoms with van der Waals surface area (Å²) in [6.07, 6.45) is 1.01. The first kappa shape index (κ1) is 23.3. The molecular formula is C22H29F2N3O3S. The number of hydrogen-bond acceptors (Lipinski definition) is 5. The van der Waals surface area contributed by atoms with Crippen molar-refractivity contribution in [1.82, 2.24) is 5.32 Å². The van der Waals surface area contributed by atoms with E-state index >= 15 is 0 Å². The van der Waals surface area contributed by atoms with E-state index < -0.39 is 16.6 Å². The standard InChI is InChI=1S/C22H29F2N3O3S/c1-16(2)27(31(28,29)20-7-4-6-19(15-20)30-22(23)24)18-9-8-17(3)21(14-18)26-12-5-10-25-11-13-26/h4,6-9,14-16,22,25H,5,10-13H2,1-3H3. The van der Waals surface area contributed by atoms with E-state index in [2.05, 4.69) is 15.0 Å². The minimum atomic E-state index is -4.00. The number of aryl methyl sites for hydroxylation is 1. The monoisotopic (exact) mass is 453 g/mol. The zero-order valence-electron chi connectivity index (χ0n) is 18.0. The molecular weight excluding hydrogens is 424 g/mol. The minimum absolute atomic E-state index is 0.0968. The number of nitrogens with one attached hydrogen (secondary N) is 1. The number of benzene rings is 2. The van der Waals surface area contributed by atoms with Crippen LogP contribution in [0.15, 0.2) is 47.4 Å². The summed E-state index contributed by atoms with van der Waals surface area (Å²) < 4.78 is 57.9. The molecule has 0 aliphatic carbocycles. The van der Waals surface area contributed by atoms with Crippen molar-refractivity contribution in [2.45, 2.75) is 44.7 Å². The molecule has 0 spiro atoms. The van der Waals surface area contributed by atoms with Crippen LogP contribution in [0.3, 0.4) is 0 Å². The molecule has 1 aliphatic rings. The SMILES string of the molecule is Cc1ccc(N(C(C)C)S(=O)(=O)c2cccc(OC(F)F)c2)cc1N1CCCNCC1. The minimum Gasteiger partial charge on any atom is -0.435 e. The number of anilines is 2. The van der Waals surface area contributed by atoms with Gasteiger partial charge in [0.1, 0.15) is 5.75 Å². The van der Waals surface area contributed by atoms with Gasteiger partial charge in [-0.3, -0.25) is 4.31 Å². The third kappa shape index (κ3) is 5.46. The first-order valence-electron chi connectivity index (χ1n) is 10.4. The zero-order chi connectivity index (χ0) is 22.6. The zero-order valence-corrected chi connectivity index (χ0v) is 18.8. The Labute approximate surface area is 182 Å². The molecule has 2 aromatic rings. The molecule has 1 aliphatic heterocycles. The second-order valence-corrected chi connectivity index (χ2v) is 9.62. The fraction of sp³-hybridized carbons (Fsp3) is 0.455. The molecule has 0 amide bonds. The van der Waals surface area contributed by atoms with E-state index in [1.165, 1.54) is 22.5 Å². The van der Waals surface area contributed by atoms with Gasteiger partial charge >= 0.3 is 6.61 Å². The van der Waals surface area contributed by atoms with Crippen molar-refractivity contribution < 1.29 is 21.9 Å². The maximum atomic E-state index is 13.5. The Bertz CT molecular complexity index is 991. The topological polar surface area (TPSA) is 61.9 Å². The second kappa shape index (κ2) is 9.82. The summed E-state index contributed by atoms with van der Waals surface area (Å²) in [5.41, 5.74) is 2.60. The molecule has 1 saturated heterocycles. The highest BCUT2D eigenvalue weighted by atomic mass is 32.2. The molecule has 1 N–H and O–H groups in total. The van der Waals surface area contributed by atoms with Gasteiger partial charge in [0, 0.05) is 37.4 Å². The average Bonchev–Trinajstić information content (AvgIpc) is 2.98. The summed E-state index contributed by atoms with van der Waals surface area (Å²) >= 11 is 0. The van der Waals surface area contributed by atoms with Gasteiger partial charge in [-0.2, -0.15) is 8.78 Å². The summed E-state index contributed by atoms with van der Waals surface area (Å²) in [7, 11) is -4.00. The Morgan fingerprint density at radius 1 is 1.10 bits per heavy atom. The fourth-order valence-electron chi connectivity index (χ4n) is 3.80. The molecule has 9 heteroatoms. The van der Waals surface area contributed by atoms with Gasteiger partial charge in [0.2, 0.25) is 0 Å². The van der Waals surface area contributed by atoms with Crippen molar-refractivity contribution in [3.8, 4) is 5.75 Å². The lowest BCUT2D eigenvalue weighted by Crippen LogP contribution is -2.37. The molecule has 31 heavy (non-hydrogen) atoms. The average molecular weight is 454 g/mol. The van der Waals surface area contributed by atoms with Crippen LogP contribution in [0, 0.1) is 6.92 Å². The molecule has 3 rings (SSSR count). The number of ether oxygens (including phenoxy) is 1. The Kier molecular flexibility index (Phi) is 7.38. The smallest absolute Gasteiger partial charge is 0.387 e. The van der Waals surface area contributed by atoms with Gasteiger partial charge in [0.05, 0.1) is 10.6 Å². The lowest BCUT2D eigenvalue weighted by molar-refractivity contribution is -0.0499. The molecule has 0 bridgehead atoms. The Morgan fingerprint density at radius 3 is 2.58 bits per heavy atom. The number of halogens is 2. The lowest BCUT2D eigenvalue weighted by atomic mass is 10.1. The van der Waals surface area contributed by atoms with Gasteiger partial charge in [0.25, 0.3) is 10.0 Å². The number of hydrogen-bond donors (Lipinski definition) is 1. The molecule has 1 heterocycles. The van der Waals surface area contributed by atoms with Gasteiger partial charge in [-0.15, -0.1) is 0 Å². The third-order valence-electron chi connectivity index (χ3n) is 5.18. The summed E-state index contributed by atoms with van der Waals surface area (Å²) in [5.74, 6) is -0.193. The highest BCUT2D eigenvalue weighted by Crippen LogP contribution is 2.33. The van der Waals surface area contributed by atoms with Crippen LogP contribution in [0.4, 0.5) is 20.2 Å². The van der Waals surface area contributed by atoms with Crippen LogP contribution < -0.4 is 19.3 Å². The van der Waals surface area contributed by atoms with Crippen LogP contribution in [-0.2, 0) is 10.0 Å². The number of nitrogens with zero attached hydrogens (tertiary/aromatic N) is 2. The van der Waals surface area contributed by atoms with Crippen molar-refractivity contribution in [3.63, 3.8) is 0 Å². The van der Waals surface area contributed by atoms with Crippen LogP contribution in [-0.4, -0.2) is 47.3 Å². The lowest BCUT2D eigenvalue weighted by Gasteiger charge is -2.31. The molecule has 1 fully saturated rings. The van der Waals surface area contributed by atoms with Crippen molar-refractivity contribution in [2.24, 2.45) is 0 Å². The number of rotatable bonds is 7. The third-order valence-corrected chi connectivity index (χ3v) is 7.18. The summed E-state index contributed by atoms with van der Waals surface area (Å²) in [4.78, 5) is 2.17. The second-order valence-electron chi connectivity index (χ2n) is 7.81. The predicted molar refractivity (Wildman–Crippen MR) is 119 cm³/mol. The van der Waals surface area contributed by atoms with E-state index in [0.29, 0.717) is 5.69 Å². The highest BCUT2D eigenvalue weighted by Gasteiger charge is 2.29. The van der Waals surface area contributed by atoms with E-state index in [0.717, 1.165) is 49.9 Å². The molecule has 0 saturated carbocycles. The van der Waals surface area contributed by atoms with Gasteiger partial charge in [-0.05, 0) is 63.6 Å². The van der Waals surface area contributed by atoms with Crippen LogP contribution in [0.2, 0.25) is 0 Å². The molecule has 0 radical (unpaired) electrons. The van der Waals surface area contributed by atoms with Crippen molar-refractivity contribution in [3.05, 3.63) is 48.0 Å². The van der Waals surface area contributed by atoms with Gasteiger partial charge in [0.15, 0.2) is 0 Å². The molecule has 0 aromatic heterocycles. The summed E-state index contributed by atoms with van der Waals surface area (Å²) in [6, 6.07) is 10.4. The Morgan fingerprint density at radius 2 is 1.87 bits per heavy atom. The highest BCUT2D eigenvalue weighted by molar-refractivity contribution is 7.92. The van der Waals surface area contributed by atoms with E-state index in [-0.39, 0.29) is 16.7 Å². The first-order valence-corrected chi connectivity index (χ1v) is 11.8. The van der Waals surface area contributed by atoms with Gasteiger partial charge < -0.3 is 15.0 Å².